The van der Waals surface area contributed by atoms with Crippen LogP contribution in [0.5, 0.6) is 0 Å². The number of fused-ring (bicyclic) bond motifs is 2. The molecule has 0 aromatic rings. The van der Waals surface area contributed by atoms with E-state index < -0.39 is 10.4 Å². The fraction of sp³-hybridized carbons (Fsp3) is 1.00. The van der Waals surface area contributed by atoms with Crippen molar-refractivity contribution in [3.05, 3.63) is 16.0 Å². The molecule has 266 valence electrons. The van der Waals surface area contributed by atoms with Crippen LogP contribution >= 0.6 is 12.4 Å². The van der Waals surface area contributed by atoms with Crippen molar-refractivity contribution < 1.29 is 196 Å². The van der Waals surface area contributed by atoms with E-state index in [0.29, 0.717) is 0 Å². The Bertz CT molecular complexity index is 662. The molecule has 7 nitrogen and oxygen atoms in total. The van der Waals surface area contributed by atoms with Gasteiger partial charge in [0, 0.05) is 90.6 Å². The van der Waals surface area contributed by atoms with E-state index in [4.69, 9.17) is 28.6 Å². The first-order valence-electron chi connectivity index (χ1n) is 7.01. The molecule has 0 bridgehead atoms. The molecule has 6 aliphatic carbocycles. The number of nitrogens with zero attached hydrogens (tertiary/aromatic N) is 3. The van der Waals surface area contributed by atoms with Crippen molar-refractivity contribution in [2.45, 2.75) is 115 Å². The van der Waals surface area contributed by atoms with Crippen molar-refractivity contribution >= 4 is 127 Å². The van der Waals surface area contributed by atoms with E-state index in [9.17, 15) is 0 Å². The maximum Gasteiger partial charge on any atom is 2.00 e. The van der Waals surface area contributed by atoms with Crippen molar-refractivity contribution in [1.29, 1.82) is 0 Å². The van der Waals surface area contributed by atoms with Gasteiger partial charge in [0.05, 0.1) is 0 Å². The second-order valence-electron chi connectivity index (χ2n) is 7.17. The van der Waals surface area contributed by atoms with E-state index in [1.165, 1.54) is 40.4 Å². The van der Waals surface area contributed by atoms with Gasteiger partial charge in [-0.3, -0.25) is 14.0 Å². The summed E-state index contributed by atoms with van der Waals surface area (Å²) < 4.78 is 31.6. The van der Waals surface area contributed by atoms with Gasteiger partial charge in [-0.15, -0.1) is 12.4 Å². The minimum Gasteiger partial charge on any atom is -1.00 e. The first-order valence-corrected chi connectivity index (χ1v) is 8.41. The molecule has 0 aromatic heterocycles. The van der Waals surface area contributed by atoms with Crippen LogP contribution in [0, 0.1) is 46.3 Å². The van der Waals surface area contributed by atoms with Crippen LogP contribution in [0.4, 0.5) is 0 Å². The van der Waals surface area contributed by atoms with Gasteiger partial charge in [0.1, 0.15) is 0 Å². The minimum atomic E-state index is -4.67. The first kappa shape index (κ1) is 132. The summed E-state index contributed by atoms with van der Waals surface area (Å²) in [6.07, 6.45) is 6.68. The smallest absolute Gasteiger partial charge is 1.00 e. The first-order chi connectivity index (χ1) is 9.33. The Kier molecular flexibility index (Phi) is 155. The molecule has 0 saturated heterocycles. The molecule has 4 unspecified atom stereocenters. The van der Waals surface area contributed by atoms with Gasteiger partial charge in [0.15, 0.2) is 17.4 Å². The van der Waals surface area contributed by atoms with Gasteiger partial charge in [-0.2, -0.15) is 8.42 Å². The predicted octanol–water partition coefficient (Wildman–Crippen LogP) is 3.18. The molecule has 6 aliphatic rings. The Morgan fingerprint density at radius 3 is 0.837 bits per heavy atom. The Hall–Kier alpha value is 8.29. The van der Waals surface area contributed by atoms with Crippen LogP contribution in [-0.2, 0) is 101 Å². The predicted molar refractivity (Wildman–Crippen MR) is 184 cm³/mol. The zero-order valence-electron chi connectivity index (χ0n) is 21.7. The van der Waals surface area contributed by atoms with Crippen LogP contribution in [0.3, 0.4) is 0 Å². The van der Waals surface area contributed by atoms with Gasteiger partial charge in [0.2, 0.25) is 0 Å². The summed E-state index contributed by atoms with van der Waals surface area (Å²) in [5, 5.41) is 0. The van der Waals surface area contributed by atoms with Gasteiger partial charge >= 0.3 is 178 Å². The fourth-order valence-electron chi connectivity index (χ4n) is 7.89. The molecule has 0 amide bonds. The maximum absolute atomic E-state index is 8.74. The number of hydrogen-bond acceptors (Lipinski definition) is 2. The summed E-state index contributed by atoms with van der Waals surface area (Å²) in [5.74, 6) is 7.68. The third-order valence-corrected chi connectivity index (χ3v) is 7.68. The summed E-state index contributed by atoms with van der Waals surface area (Å²) in [6, 6.07) is 0. The van der Waals surface area contributed by atoms with E-state index in [2.05, 4.69) is 0 Å². The average Bonchev–Trinajstić information content (AvgIpc) is 2.23. The molecule has 19 heteroatoms. The Morgan fingerprint density at radius 1 is 0.674 bits per heavy atom. The largest absolute Gasteiger partial charge is 2.00 e. The topological polar surface area (TPSA) is 133 Å². The maximum atomic E-state index is 8.74. The Balaban J connectivity index is -0.00000000610. The van der Waals surface area contributed by atoms with Crippen LogP contribution < -0.4 is 80.9 Å². The monoisotopic (exact) mass is 1130 g/mol. The summed E-state index contributed by atoms with van der Waals surface area (Å²) in [4.78, 5) is 1.50. The summed E-state index contributed by atoms with van der Waals surface area (Å²) in [5.41, 5.74) is 15.6. The van der Waals surface area contributed by atoms with Gasteiger partial charge in [-0.05, 0) is 72.0 Å². The SMILES string of the molecule is C.C.C.C.C.C.C.C.C.C.C.C.C1C2CC3C4CC5CC6C1C23C564.Cl.O=S(=O)(O)O.[AlH3].[Ba+2].[Ca+2].[Fe].[H-].[H-].[H-].[H-].[H-].[K+].[Mo].[N-]=[N+]=[N-].[Na+].[Ni].[Ni].[Zn]. The zero-order chi connectivity index (χ0) is 14.5. The standard InChI is InChI=1S/C12H14.12CH4.Al.Ba.Ca.ClH.Fe.K.Mo.N3.Na.2Ni.H2O4S.Zn.8H/c1-5-2-9-10-4-6-3-8-7(1)11(5,9)12(6,8)10;;;;;;;;;;;;;;;;;;;;1-3-2;;;;1-5(2,3)4;;;;;;;;;/h5-10H,1-4H2;12*1H4;;;;1H;;;;;;;;(H2,1,2,3,4);;;;;;;;;/q;;;;;;;;;;;;;;2*+2;;;+1;;-1;+1;;;;;;;;5*-1. The van der Waals surface area contributed by atoms with Gasteiger partial charge < -0.3 is 18.2 Å². The molecule has 0 radical (unpaired) electrons. The quantitative estimate of drug-likeness (QED) is 0.127. The van der Waals surface area contributed by atoms with E-state index in [-0.39, 0.29) is 384 Å². The molecule has 6 fully saturated rings. The zero-order valence-corrected chi connectivity index (χ0v) is 38.1. The molecule has 0 aromatic carbocycles. The van der Waals surface area contributed by atoms with Crippen molar-refractivity contribution in [1.82, 2.24) is 0 Å². The van der Waals surface area contributed by atoms with Gasteiger partial charge in [-0.25, -0.2) is 0 Å². The molecule has 4 atom stereocenters. The van der Waals surface area contributed by atoms with E-state index in [1.54, 1.807) is 25.7 Å². The van der Waals surface area contributed by atoms with E-state index >= 15 is 0 Å². The van der Waals surface area contributed by atoms with Gasteiger partial charge in [-0.1, -0.05) is 89.1 Å². The molecule has 6 saturated carbocycles. The van der Waals surface area contributed by atoms with Crippen molar-refractivity contribution in [3.63, 3.8) is 0 Å². The third-order valence-electron chi connectivity index (χ3n) is 7.68. The third kappa shape index (κ3) is 19.6. The Morgan fingerprint density at radius 2 is 0.767 bits per heavy atom. The Labute approximate surface area is 489 Å². The number of hydrogen-bond donors (Lipinski definition) is 2. The molecular formula is C24H73AlBaCaClFeKMoN3NaNi2O4SZn. The van der Waals surface area contributed by atoms with Crippen LogP contribution in [0.2, 0.25) is 0 Å². The second-order valence-corrected chi connectivity index (χ2v) is 8.06. The normalized spacial score (nSPS) is 27.8. The summed E-state index contributed by atoms with van der Waals surface area (Å²) in [6.45, 7) is 0. The second kappa shape index (κ2) is 50.3. The molecule has 43 heavy (non-hydrogen) atoms. The minimum absolute atomic E-state index is 0. The van der Waals surface area contributed by atoms with Crippen molar-refractivity contribution in [2.75, 3.05) is 0 Å². The van der Waals surface area contributed by atoms with Gasteiger partial charge in [0.25, 0.3) is 0 Å². The van der Waals surface area contributed by atoms with Crippen LogP contribution in [-0.4, -0.2) is 122 Å². The average molecular weight is 1140 g/mol. The molecule has 6 rings (SSSR count). The molecule has 2 N–H and O–H groups in total. The fourth-order valence-corrected chi connectivity index (χ4v) is 7.89. The van der Waals surface area contributed by atoms with E-state index in [0.717, 1.165) is 10.8 Å². The van der Waals surface area contributed by atoms with Crippen molar-refractivity contribution in [2.24, 2.45) is 46.3 Å². The van der Waals surface area contributed by atoms with Crippen LogP contribution in [0.1, 0.15) is 122 Å². The molecule has 0 aliphatic heterocycles. The molecule has 0 heterocycles. The molecular weight excluding hydrogens is 1060 g/mol. The molecule has 2 spiro atoms. The number of halogens is 1. The summed E-state index contributed by atoms with van der Waals surface area (Å²) in [7, 11) is -4.67. The van der Waals surface area contributed by atoms with E-state index in [1.807, 2.05) is 0 Å². The summed E-state index contributed by atoms with van der Waals surface area (Å²) >= 11 is 0. The van der Waals surface area contributed by atoms with Crippen LogP contribution in [0.25, 0.3) is 16.0 Å². The van der Waals surface area contributed by atoms with Crippen molar-refractivity contribution in [3.8, 4) is 0 Å². The van der Waals surface area contributed by atoms with Crippen LogP contribution in [0.15, 0.2) is 0 Å². The number of rotatable bonds is 0.